The number of nitrogens with two attached hydrogens (primary N) is 1. The van der Waals surface area contributed by atoms with Gasteiger partial charge >= 0.3 is 81.6 Å². The molecule has 0 aromatic carbocycles. The Hall–Kier alpha value is -4.80. The third kappa shape index (κ3) is 23.2. The molecule has 0 fully saturated rings. The third-order valence-corrected chi connectivity index (χ3v) is 1.57. The van der Waals surface area contributed by atoms with Crippen molar-refractivity contribution >= 4 is 9.21 Å². The Morgan fingerprint density at radius 3 is 0.733 bits per heavy atom. The standard InChI is InChI=1S/H2N28S.V/c1-2-3-4-5-6-7-8-9-10-11-12-13-14-15-16-17-18-19-20-21-22-23-24-25-26-27-28-29;/h(H2,1,3,5,7,9,11,13,15,17,19,21,23,25,27,29);. The van der Waals surface area contributed by atoms with Crippen LogP contribution in [0.3, 0.4) is 0 Å². The Labute approximate surface area is 171 Å². The first-order valence-corrected chi connectivity index (χ1v) is 8.26. The molecule has 0 saturated carbocycles. The fraction of sp³-hybridized carbons (Fsp3) is 0. The first-order valence-electron chi connectivity index (χ1n) is 5.82. The third-order valence-electron chi connectivity index (χ3n) is 1.08. The molecule has 0 rings (SSSR count). The SMILES string of the molecule is N/N=N/N=N/N=N/N=N/N=N/N=N/N=N/N=N/N=N/N=N/N=N/N=N/N=N/N=[S]=[V]. The average Bonchev–Trinajstić information content (AvgIpc) is 2.76. The van der Waals surface area contributed by atoms with Crippen LogP contribution in [-0.4, -0.2) is 0 Å². The number of hydrogen-bond acceptors (Lipinski definition) is 1. The topological polar surface area (TPSA) is 360 Å². The van der Waals surface area contributed by atoms with Crippen molar-refractivity contribution in [1.82, 2.24) is 0 Å². The van der Waals surface area contributed by atoms with Crippen LogP contribution < -0.4 is 5.84 Å². The monoisotopic (exact) mass is 477 g/mol. The molecule has 0 heterocycles. The second-order valence-electron chi connectivity index (χ2n) is 2.51. The Balaban J connectivity index is 3.97. The zero-order valence-corrected chi connectivity index (χ0v) is 15.7. The second-order valence-corrected chi connectivity index (χ2v) is 3.61. The molecule has 2 N–H and O–H groups in total. The normalized spacial score (nSPS) is 14.5. The van der Waals surface area contributed by atoms with Gasteiger partial charge < -0.3 is 5.84 Å². The molecular weight excluding hydrogens is 475 g/mol. The van der Waals surface area contributed by atoms with E-state index >= 15 is 0 Å². The predicted octanol–water partition coefficient (Wildman–Crippen LogP) is 4.36. The van der Waals surface area contributed by atoms with E-state index in [9.17, 15) is 0 Å². The number of rotatable bonds is 13. The maximum atomic E-state index is 4.61. The van der Waals surface area contributed by atoms with Crippen LogP contribution in [0.4, 0.5) is 0 Å². The van der Waals surface area contributed by atoms with Crippen molar-refractivity contribution in [3.8, 4) is 0 Å². The first-order chi connectivity index (χ1) is 14.9. The van der Waals surface area contributed by atoms with Gasteiger partial charge in [0.1, 0.15) is 0 Å². The first kappa shape index (κ1) is 25.2. The van der Waals surface area contributed by atoms with Gasteiger partial charge in [0.2, 0.25) is 0 Å². The summed E-state index contributed by atoms with van der Waals surface area (Å²) in [5, 5.41) is 78.0. The Morgan fingerprint density at radius 1 is 0.333 bits per heavy atom. The van der Waals surface area contributed by atoms with E-state index in [1.807, 2.05) is 0 Å². The van der Waals surface area contributed by atoms with Gasteiger partial charge in [0.05, 0.1) is 0 Å². The molecule has 30 heavy (non-hydrogen) atoms. The van der Waals surface area contributed by atoms with Crippen LogP contribution in [0.15, 0.2) is 140 Å². The summed E-state index contributed by atoms with van der Waals surface area (Å²) in [6.07, 6.45) is 0. The van der Waals surface area contributed by atoms with Crippen molar-refractivity contribution in [2.75, 3.05) is 0 Å². The fourth-order valence-corrected chi connectivity index (χ4v) is 0.686. The quantitative estimate of drug-likeness (QED) is 0.225. The molecule has 0 bridgehead atoms. The molecule has 28 nitrogen and oxygen atoms in total. The van der Waals surface area contributed by atoms with Crippen LogP contribution in [0.5, 0.6) is 0 Å². The summed E-state index contributed by atoms with van der Waals surface area (Å²) in [6, 6.07) is 0. The maximum absolute atomic E-state index is 4.61. The molecule has 0 aliphatic rings. The summed E-state index contributed by atoms with van der Waals surface area (Å²) in [5.41, 5.74) is 0. The van der Waals surface area contributed by atoms with Crippen LogP contribution in [0.2, 0.25) is 0 Å². The molecule has 153 valence electrons. The van der Waals surface area contributed by atoms with Crippen LogP contribution in [-0.2, 0) is 24.9 Å². The summed E-state index contributed by atoms with van der Waals surface area (Å²) in [7, 11) is 1.02. The molecule has 0 aromatic rings. The van der Waals surface area contributed by atoms with E-state index in [0.717, 1.165) is 9.21 Å². The summed E-state index contributed by atoms with van der Waals surface area (Å²) >= 11 is 2.08. The van der Waals surface area contributed by atoms with E-state index < -0.39 is 0 Å². The minimum atomic E-state index is 1.02. The summed E-state index contributed by atoms with van der Waals surface area (Å²) in [6.45, 7) is 0. The van der Waals surface area contributed by atoms with E-state index in [0.29, 0.717) is 0 Å². The van der Waals surface area contributed by atoms with Gasteiger partial charge in [0.25, 0.3) is 0 Å². The Bertz CT molecular complexity index is 854. The van der Waals surface area contributed by atoms with Gasteiger partial charge in [-0.15, -0.1) is 0 Å². The summed E-state index contributed by atoms with van der Waals surface area (Å²) in [5.74, 6) is 4.61. The average molecular weight is 477 g/mol. The van der Waals surface area contributed by atoms with Gasteiger partial charge in [0.15, 0.2) is 0 Å². The molecule has 0 aliphatic heterocycles. The molecule has 0 amide bonds. The molecule has 0 aromatic heterocycles. The summed E-state index contributed by atoms with van der Waals surface area (Å²) < 4.78 is 3.37. The van der Waals surface area contributed by atoms with E-state index in [4.69, 9.17) is 0 Å². The van der Waals surface area contributed by atoms with Crippen molar-refractivity contribution in [3.05, 3.63) is 0 Å². The van der Waals surface area contributed by atoms with E-state index in [1.165, 1.54) is 0 Å². The van der Waals surface area contributed by atoms with E-state index in [-0.39, 0.29) is 0 Å². The number of hydrogen-bond donors (Lipinski definition) is 1. The van der Waals surface area contributed by atoms with Crippen LogP contribution >= 0.6 is 0 Å². The van der Waals surface area contributed by atoms with Gasteiger partial charge in [0, 0.05) is 41.8 Å². The van der Waals surface area contributed by atoms with Crippen molar-refractivity contribution in [2.24, 2.45) is 146 Å². The van der Waals surface area contributed by atoms with Crippen molar-refractivity contribution in [2.45, 2.75) is 0 Å². The molecule has 0 saturated heterocycles. The number of nitrogens with zero attached hydrogens (tertiary/aromatic N) is 27. The van der Waals surface area contributed by atoms with Gasteiger partial charge in [-0.1, -0.05) is 5.22 Å². The second kappa shape index (κ2) is 24.2. The van der Waals surface area contributed by atoms with E-state index in [2.05, 4.69) is 162 Å². The van der Waals surface area contributed by atoms with Crippen LogP contribution in [0, 0.1) is 0 Å². The minimum absolute atomic E-state index is 1.02. The van der Waals surface area contributed by atoms with Crippen molar-refractivity contribution in [3.63, 3.8) is 0 Å². The molecule has 0 unspecified atom stereocenters. The van der Waals surface area contributed by atoms with Crippen LogP contribution in [0.1, 0.15) is 0 Å². The fourth-order valence-electron chi connectivity index (χ4n) is 0.467. The van der Waals surface area contributed by atoms with Gasteiger partial charge in [-0.3, -0.25) is 0 Å². The van der Waals surface area contributed by atoms with E-state index in [1.54, 1.807) is 0 Å². The molecule has 0 atom stereocenters. The van der Waals surface area contributed by atoms with Gasteiger partial charge in [-0.25, -0.2) is 0 Å². The predicted molar refractivity (Wildman–Crippen MR) is 77.1 cm³/mol. The molecule has 0 aliphatic carbocycles. The Kier molecular flexibility index (Phi) is 20.3. The molecule has 0 radical (unpaired) electrons. The zero-order valence-electron chi connectivity index (χ0n) is 13.5. The van der Waals surface area contributed by atoms with Gasteiger partial charge in [-0.05, 0) is 36.6 Å². The van der Waals surface area contributed by atoms with Gasteiger partial charge in [-0.2, -0.15) is 0 Å². The van der Waals surface area contributed by atoms with Crippen molar-refractivity contribution < 1.29 is 15.7 Å². The van der Waals surface area contributed by atoms with Crippen LogP contribution in [0.25, 0.3) is 0 Å². The Morgan fingerprint density at radius 2 is 0.533 bits per heavy atom. The molecule has 30 heteroatoms. The zero-order chi connectivity index (χ0) is 21.8. The molecular formula is H2N28SV. The molecule has 0 spiro atoms. The summed E-state index contributed by atoms with van der Waals surface area (Å²) in [4.78, 5) is 0. The van der Waals surface area contributed by atoms with Crippen molar-refractivity contribution in [1.29, 1.82) is 0 Å².